The minimum Gasteiger partial charge on any atom is -0.455 e. The van der Waals surface area contributed by atoms with Crippen molar-refractivity contribution in [1.82, 2.24) is 4.90 Å². The highest BCUT2D eigenvalue weighted by Gasteiger charge is 2.42. The largest absolute Gasteiger partial charge is 0.455 e. The van der Waals surface area contributed by atoms with Crippen LogP contribution in [0.25, 0.3) is 10.8 Å². The first-order chi connectivity index (χ1) is 13.4. The third kappa shape index (κ3) is 4.19. The van der Waals surface area contributed by atoms with Crippen LogP contribution in [0, 0.1) is 0 Å². The van der Waals surface area contributed by atoms with Crippen LogP contribution in [0.3, 0.4) is 0 Å². The maximum absolute atomic E-state index is 12.6. The second kappa shape index (κ2) is 7.54. The standard InChI is InChI=1S/C21H23NO5S/c23-20(22(17-8-9-17)18-10-11-28(25,26)14-18)13-27-21(24)12-16-6-3-5-15-4-1-2-7-19(15)16/h1-7,17-18H,8-14H2/t18-/m0/s1. The van der Waals surface area contributed by atoms with Crippen LogP contribution >= 0.6 is 0 Å². The molecular weight excluding hydrogens is 378 g/mol. The summed E-state index contributed by atoms with van der Waals surface area (Å²) in [5.74, 6) is -0.621. The van der Waals surface area contributed by atoms with Gasteiger partial charge >= 0.3 is 5.97 Å². The molecule has 1 saturated carbocycles. The highest BCUT2D eigenvalue weighted by atomic mass is 32.2. The lowest BCUT2D eigenvalue weighted by Gasteiger charge is -2.28. The van der Waals surface area contributed by atoms with Gasteiger partial charge in [-0.15, -0.1) is 0 Å². The van der Waals surface area contributed by atoms with Crippen molar-refractivity contribution < 1.29 is 22.7 Å². The third-order valence-corrected chi connectivity index (χ3v) is 7.15. The number of carbonyl (C=O) groups is 2. The monoisotopic (exact) mass is 401 g/mol. The zero-order chi connectivity index (χ0) is 19.7. The van der Waals surface area contributed by atoms with Crippen LogP contribution in [-0.2, 0) is 30.6 Å². The average molecular weight is 401 g/mol. The van der Waals surface area contributed by atoms with Gasteiger partial charge in [0.25, 0.3) is 5.91 Å². The van der Waals surface area contributed by atoms with E-state index in [0.29, 0.717) is 6.42 Å². The van der Waals surface area contributed by atoms with E-state index in [2.05, 4.69) is 0 Å². The average Bonchev–Trinajstić information content (AvgIpc) is 3.43. The second-order valence-electron chi connectivity index (χ2n) is 7.56. The summed E-state index contributed by atoms with van der Waals surface area (Å²) >= 11 is 0. The summed E-state index contributed by atoms with van der Waals surface area (Å²) in [6, 6.07) is 13.4. The van der Waals surface area contributed by atoms with Gasteiger partial charge in [-0.3, -0.25) is 9.59 Å². The number of ether oxygens (including phenoxy) is 1. The number of nitrogens with zero attached hydrogens (tertiary/aromatic N) is 1. The molecule has 0 N–H and O–H groups in total. The minimum absolute atomic E-state index is 0.0131. The highest BCUT2D eigenvalue weighted by Crippen LogP contribution is 2.32. The number of sulfone groups is 1. The molecule has 6 nitrogen and oxygen atoms in total. The van der Waals surface area contributed by atoms with Crippen LogP contribution in [0.4, 0.5) is 0 Å². The van der Waals surface area contributed by atoms with Gasteiger partial charge in [-0.1, -0.05) is 42.5 Å². The van der Waals surface area contributed by atoms with Gasteiger partial charge in [-0.25, -0.2) is 8.42 Å². The molecule has 0 bridgehead atoms. The Bertz CT molecular complexity index is 1010. The summed E-state index contributed by atoms with van der Waals surface area (Å²) in [6.45, 7) is -0.337. The predicted octanol–water partition coefficient (Wildman–Crippen LogP) is 2.10. The molecular formula is C21H23NO5S. The fraction of sp³-hybridized carbons (Fsp3) is 0.429. The van der Waals surface area contributed by atoms with Gasteiger partial charge in [0.2, 0.25) is 0 Å². The Kier molecular flexibility index (Phi) is 5.10. The Hall–Kier alpha value is -2.41. The van der Waals surface area contributed by atoms with Crippen LogP contribution in [0.15, 0.2) is 42.5 Å². The number of amides is 1. The Balaban J connectivity index is 1.38. The van der Waals surface area contributed by atoms with Crippen LogP contribution in [0.5, 0.6) is 0 Å². The van der Waals surface area contributed by atoms with E-state index in [0.717, 1.165) is 29.2 Å². The van der Waals surface area contributed by atoms with Crippen LogP contribution < -0.4 is 0 Å². The van der Waals surface area contributed by atoms with E-state index in [1.165, 1.54) is 0 Å². The number of fused-ring (bicyclic) bond motifs is 1. The van der Waals surface area contributed by atoms with Crippen molar-refractivity contribution in [3.8, 4) is 0 Å². The van der Waals surface area contributed by atoms with Crippen molar-refractivity contribution in [2.75, 3.05) is 18.1 Å². The van der Waals surface area contributed by atoms with E-state index in [-0.39, 0.29) is 42.5 Å². The first-order valence-electron chi connectivity index (χ1n) is 9.57. The molecule has 2 aromatic carbocycles. The summed E-state index contributed by atoms with van der Waals surface area (Å²) in [5.41, 5.74) is 0.858. The molecule has 1 amide bonds. The highest BCUT2D eigenvalue weighted by molar-refractivity contribution is 7.91. The number of benzene rings is 2. The van der Waals surface area contributed by atoms with Crippen LogP contribution in [0.2, 0.25) is 0 Å². The summed E-state index contributed by atoms with van der Waals surface area (Å²) in [6.07, 6.45) is 2.32. The molecule has 1 aliphatic carbocycles. The van der Waals surface area contributed by atoms with Gasteiger partial charge in [0.15, 0.2) is 16.4 Å². The molecule has 0 spiro atoms. The van der Waals surface area contributed by atoms with Crippen molar-refractivity contribution in [3.05, 3.63) is 48.0 Å². The topological polar surface area (TPSA) is 80.8 Å². The predicted molar refractivity (Wildman–Crippen MR) is 106 cm³/mol. The minimum atomic E-state index is -3.07. The quantitative estimate of drug-likeness (QED) is 0.693. The first-order valence-corrected chi connectivity index (χ1v) is 11.4. The lowest BCUT2D eigenvalue weighted by molar-refractivity contribution is -0.152. The molecule has 1 aliphatic heterocycles. The van der Waals surface area contributed by atoms with Gasteiger partial charge in [0.05, 0.1) is 17.9 Å². The molecule has 2 fully saturated rings. The molecule has 4 rings (SSSR count). The molecule has 28 heavy (non-hydrogen) atoms. The molecule has 0 radical (unpaired) electrons. The molecule has 1 saturated heterocycles. The SMILES string of the molecule is O=C(Cc1cccc2ccccc12)OCC(=O)N(C1CC1)[C@H]1CCS(=O)(=O)C1. The van der Waals surface area contributed by atoms with Crippen molar-refractivity contribution >= 4 is 32.5 Å². The van der Waals surface area contributed by atoms with Gasteiger partial charge < -0.3 is 9.64 Å². The second-order valence-corrected chi connectivity index (χ2v) is 9.79. The number of esters is 1. The van der Waals surface area contributed by atoms with Crippen molar-refractivity contribution in [1.29, 1.82) is 0 Å². The van der Waals surface area contributed by atoms with E-state index >= 15 is 0 Å². The molecule has 1 heterocycles. The number of hydrogen-bond donors (Lipinski definition) is 0. The van der Waals surface area contributed by atoms with Crippen molar-refractivity contribution in [2.45, 2.75) is 37.8 Å². The van der Waals surface area contributed by atoms with E-state index in [1.54, 1.807) is 4.90 Å². The fourth-order valence-corrected chi connectivity index (χ4v) is 5.63. The molecule has 1 atom stereocenters. The van der Waals surface area contributed by atoms with E-state index in [4.69, 9.17) is 4.74 Å². The van der Waals surface area contributed by atoms with Gasteiger partial charge in [0, 0.05) is 12.1 Å². The molecule has 2 aromatic rings. The van der Waals surface area contributed by atoms with E-state index in [1.807, 2.05) is 42.5 Å². The number of rotatable bonds is 6. The first kappa shape index (κ1) is 18.9. The number of carbonyl (C=O) groups excluding carboxylic acids is 2. The van der Waals surface area contributed by atoms with Crippen molar-refractivity contribution in [2.24, 2.45) is 0 Å². The van der Waals surface area contributed by atoms with Gasteiger partial charge in [0.1, 0.15) is 0 Å². The van der Waals surface area contributed by atoms with Crippen molar-refractivity contribution in [3.63, 3.8) is 0 Å². The Morgan fingerprint density at radius 1 is 1.00 bits per heavy atom. The molecule has 0 unspecified atom stereocenters. The van der Waals surface area contributed by atoms with E-state index in [9.17, 15) is 18.0 Å². The maximum Gasteiger partial charge on any atom is 0.310 e. The normalized spacial score (nSPS) is 20.8. The third-order valence-electron chi connectivity index (χ3n) is 5.40. The molecule has 148 valence electrons. The maximum atomic E-state index is 12.6. The summed E-state index contributed by atoms with van der Waals surface area (Å²) in [5, 5.41) is 2.04. The molecule has 0 aromatic heterocycles. The zero-order valence-electron chi connectivity index (χ0n) is 15.5. The molecule has 7 heteroatoms. The fourth-order valence-electron chi connectivity index (χ4n) is 3.92. The summed E-state index contributed by atoms with van der Waals surface area (Å²) in [7, 11) is -3.07. The van der Waals surface area contributed by atoms with Gasteiger partial charge in [-0.2, -0.15) is 0 Å². The summed E-state index contributed by atoms with van der Waals surface area (Å²) < 4.78 is 28.8. The Labute approximate surface area is 164 Å². The van der Waals surface area contributed by atoms with Gasteiger partial charge in [-0.05, 0) is 35.6 Å². The lowest BCUT2D eigenvalue weighted by Crippen LogP contribution is -2.44. The number of hydrogen-bond acceptors (Lipinski definition) is 5. The zero-order valence-corrected chi connectivity index (χ0v) is 16.4. The van der Waals surface area contributed by atoms with Crippen LogP contribution in [0.1, 0.15) is 24.8 Å². The molecule has 2 aliphatic rings. The Morgan fingerprint density at radius 3 is 2.46 bits per heavy atom. The van der Waals surface area contributed by atoms with Crippen LogP contribution in [-0.4, -0.2) is 55.4 Å². The summed E-state index contributed by atoms with van der Waals surface area (Å²) in [4.78, 5) is 26.6. The van der Waals surface area contributed by atoms with E-state index < -0.39 is 15.8 Å². The lowest BCUT2D eigenvalue weighted by atomic mass is 10.0. The Morgan fingerprint density at radius 2 is 1.75 bits per heavy atom. The smallest absolute Gasteiger partial charge is 0.310 e.